The van der Waals surface area contributed by atoms with Crippen molar-refractivity contribution in [2.24, 2.45) is 17.3 Å². The Morgan fingerprint density at radius 2 is 1.93 bits per heavy atom. The van der Waals surface area contributed by atoms with Crippen LogP contribution < -0.4 is 16.2 Å². The molecule has 0 spiro atoms. The average Bonchev–Trinajstić information content (AvgIpc) is 2.66. The molecule has 2 N–H and O–H groups in total. The van der Waals surface area contributed by atoms with E-state index in [9.17, 15) is 22.8 Å². The van der Waals surface area contributed by atoms with E-state index in [1.165, 1.54) is 10.9 Å². The molecule has 4 aliphatic rings. The van der Waals surface area contributed by atoms with Crippen molar-refractivity contribution in [2.45, 2.75) is 50.2 Å². The Hall–Kier alpha value is -2.58. The summed E-state index contributed by atoms with van der Waals surface area (Å²) in [4.78, 5) is 30.3. The Morgan fingerprint density at radius 3 is 2.57 bits per heavy atom. The highest BCUT2D eigenvalue weighted by Crippen LogP contribution is 2.66. The van der Waals surface area contributed by atoms with Gasteiger partial charge in [0, 0.05) is 25.0 Å². The van der Waals surface area contributed by atoms with Crippen LogP contribution in [-0.4, -0.2) is 34.3 Å². The number of hydrogen-bond donors (Lipinski definition) is 2. The van der Waals surface area contributed by atoms with E-state index in [-0.39, 0.29) is 42.0 Å². The van der Waals surface area contributed by atoms with Gasteiger partial charge in [-0.2, -0.15) is 13.2 Å². The van der Waals surface area contributed by atoms with Gasteiger partial charge in [-0.05, 0) is 62.5 Å². The predicted molar refractivity (Wildman–Crippen MR) is 105 cm³/mol. The lowest BCUT2D eigenvalue weighted by Crippen LogP contribution is -2.66. The van der Waals surface area contributed by atoms with Gasteiger partial charge in [-0.1, -0.05) is 0 Å². The third-order valence-electron chi connectivity index (χ3n) is 7.29. The Labute approximate surface area is 170 Å². The topological polar surface area (TPSA) is 76.0 Å². The Balaban J connectivity index is 1.52. The molecule has 4 bridgehead atoms. The summed E-state index contributed by atoms with van der Waals surface area (Å²) >= 11 is 0. The molecule has 6 rings (SSSR count). The van der Waals surface area contributed by atoms with E-state index in [0.29, 0.717) is 18.5 Å². The summed E-state index contributed by atoms with van der Waals surface area (Å²) < 4.78 is 43.4. The Kier molecular flexibility index (Phi) is 4.02. The smallest absolute Gasteiger partial charge is 0.346 e. The summed E-state index contributed by atoms with van der Waals surface area (Å²) in [6, 6.07) is 3.19. The maximum absolute atomic E-state index is 14.0. The highest BCUT2D eigenvalue weighted by molar-refractivity contribution is 5.97. The van der Waals surface area contributed by atoms with E-state index in [1.807, 2.05) is 0 Å². The van der Waals surface area contributed by atoms with Crippen LogP contribution in [0.25, 0.3) is 11.0 Å². The minimum atomic E-state index is -4.28. The normalized spacial score (nSPS) is 32.4. The molecule has 4 aliphatic carbocycles. The molecule has 9 heteroatoms. The quantitative estimate of drug-likeness (QED) is 0.800. The number of pyridine rings is 2. The second-order valence-electron chi connectivity index (χ2n) is 9.31. The molecule has 0 radical (unpaired) electrons. The molecule has 0 aliphatic heterocycles. The number of nitrogens with zero attached hydrogens (tertiary/aromatic N) is 2. The summed E-state index contributed by atoms with van der Waals surface area (Å²) in [6.45, 7) is 0. The van der Waals surface area contributed by atoms with Crippen LogP contribution in [0.3, 0.4) is 0 Å². The van der Waals surface area contributed by atoms with Crippen molar-refractivity contribution < 1.29 is 18.0 Å². The number of halogens is 3. The van der Waals surface area contributed by atoms with Crippen LogP contribution >= 0.6 is 0 Å². The molecule has 1 amide bonds. The second-order valence-corrected chi connectivity index (χ2v) is 9.31. The lowest BCUT2D eigenvalue weighted by Gasteiger charge is -2.62. The van der Waals surface area contributed by atoms with Gasteiger partial charge in [0.15, 0.2) is 5.65 Å². The number of hydrogen-bond acceptors (Lipinski definition) is 4. The van der Waals surface area contributed by atoms with Crippen molar-refractivity contribution in [3.8, 4) is 0 Å². The lowest BCUT2D eigenvalue weighted by atomic mass is 9.46. The minimum Gasteiger partial charge on any atom is -0.346 e. The average molecular weight is 420 g/mol. The van der Waals surface area contributed by atoms with E-state index in [1.54, 1.807) is 25.4 Å². The van der Waals surface area contributed by atoms with E-state index >= 15 is 0 Å². The van der Waals surface area contributed by atoms with Crippen LogP contribution in [0.1, 0.15) is 48.9 Å². The highest BCUT2D eigenvalue weighted by Gasteiger charge is 2.67. The van der Waals surface area contributed by atoms with Gasteiger partial charge < -0.3 is 10.7 Å². The monoisotopic (exact) mass is 420 g/mol. The first-order valence-corrected chi connectivity index (χ1v) is 10.2. The maximum Gasteiger partial charge on any atom is 0.394 e. The van der Waals surface area contributed by atoms with Crippen LogP contribution in [0, 0.1) is 17.3 Å². The number of aromatic nitrogens is 2. The van der Waals surface area contributed by atoms with Gasteiger partial charge in [0.05, 0.1) is 10.8 Å². The molecular formula is C21H23F3N4O2. The molecule has 2 aromatic rings. The van der Waals surface area contributed by atoms with Crippen molar-refractivity contribution in [2.75, 3.05) is 12.5 Å². The zero-order valence-electron chi connectivity index (χ0n) is 16.6. The number of fused-ring (bicyclic) bond motifs is 1. The summed E-state index contributed by atoms with van der Waals surface area (Å²) in [6.07, 6.45) is 0.715. The second kappa shape index (κ2) is 6.21. The number of amides is 1. The molecule has 2 atom stereocenters. The van der Waals surface area contributed by atoms with E-state index < -0.39 is 28.5 Å². The fourth-order valence-corrected chi connectivity index (χ4v) is 6.54. The summed E-state index contributed by atoms with van der Waals surface area (Å²) in [5, 5.41) is 3.17. The van der Waals surface area contributed by atoms with Crippen LogP contribution in [-0.2, 0) is 0 Å². The SMILES string of the molecule is CNn1cc(C(=O)NC23CC4CC(C2)CC(C(F)(F)F)(C4)C3)c(=O)c2cccnc21. The van der Waals surface area contributed by atoms with Crippen molar-refractivity contribution in [1.29, 1.82) is 0 Å². The molecule has 160 valence electrons. The molecule has 6 nitrogen and oxygen atoms in total. The van der Waals surface area contributed by atoms with Crippen LogP contribution in [0.4, 0.5) is 13.2 Å². The molecule has 0 aromatic carbocycles. The van der Waals surface area contributed by atoms with Gasteiger partial charge >= 0.3 is 6.18 Å². The minimum absolute atomic E-state index is 0.0389. The van der Waals surface area contributed by atoms with Gasteiger partial charge in [0.25, 0.3) is 5.91 Å². The third kappa shape index (κ3) is 2.74. The molecular weight excluding hydrogens is 397 g/mol. The molecule has 2 aromatic heterocycles. The van der Waals surface area contributed by atoms with Gasteiger partial charge in [-0.25, -0.2) is 9.66 Å². The van der Waals surface area contributed by atoms with Gasteiger partial charge in [-0.15, -0.1) is 0 Å². The molecule has 4 saturated carbocycles. The fraction of sp³-hybridized carbons (Fsp3) is 0.571. The molecule has 2 heterocycles. The molecule has 0 saturated heterocycles. The largest absolute Gasteiger partial charge is 0.394 e. The predicted octanol–water partition coefficient (Wildman–Crippen LogP) is 3.20. The van der Waals surface area contributed by atoms with E-state index in [2.05, 4.69) is 15.7 Å². The van der Waals surface area contributed by atoms with E-state index in [0.717, 1.165) is 6.42 Å². The maximum atomic E-state index is 14.0. The number of rotatable bonds is 3. The van der Waals surface area contributed by atoms with Crippen molar-refractivity contribution in [1.82, 2.24) is 15.0 Å². The van der Waals surface area contributed by atoms with Crippen molar-refractivity contribution in [3.63, 3.8) is 0 Å². The molecule has 2 unspecified atom stereocenters. The van der Waals surface area contributed by atoms with E-state index in [4.69, 9.17) is 0 Å². The Bertz CT molecular complexity index is 1080. The number of carbonyl (C=O) groups excluding carboxylic acids is 1. The van der Waals surface area contributed by atoms with Gasteiger partial charge in [-0.3, -0.25) is 9.59 Å². The first kappa shape index (κ1) is 19.4. The van der Waals surface area contributed by atoms with Crippen molar-refractivity contribution >= 4 is 16.9 Å². The van der Waals surface area contributed by atoms with Crippen LogP contribution in [0.15, 0.2) is 29.3 Å². The number of carbonyl (C=O) groups is 1. The third-order valence-corrected chi connectivity index (χ3v) is 7.29. The number of nitrogens with one attached hydrogen (secondary N) is 2. The standard InChI is InChI=1S/C21H23F3N4O2/c1-25-28-10-15(16(29)14-3-2-4-26-17(14)28)18(30)27-20-8-12-5-13(9-20)7-19(6-12,11-20)21(22,23)24/h2-4,10,12-13,25H,5-9,11H2,1H3,(H,27,30). The first-order valence-electron chi connectivity index (χ1n) is 10.2. The summed E-state index contributed by atoms with van der Waals surface area (Å²) in [5.41, 5.74) is 0.0512. The van der Waals surface area contributed by atoms with Crippen molar-refractivity contribution in [3.05, 3.63) is 40.3 Å². The lowest BCUT2D eigenvalue weighted by molar-refractivity contribution is -0.277. The van der Waals surface area contributed by atoms with Crippen LogP contribution in [0.2, 0.25) is 0 Å². The number of alkyl halides is 3. The summed E-state index contributed by atoms with van der Waals surface area (Å²) in [7, 11) is 1.63. The van der Waals surface area contributed by atoms with Crippen LogP contribution in [0.5, 0.6) is 0 Å². The fourth-order valence-electron chi connectivity index (χ4n) is 6.54. The summed E-state index contributed by atoms with van der Waals surface area (Å²) in [5.74, 6) is -0.695. The zero-order valence-corrected chi connectivity index (χ0v) is 16.6. The Morgan fingerprint density at radius 1 is 1.23 bits per heavy atom. The highest BCUT2D eigenvalue weighted by atomic mass is 19.4. The zero-order chi connectivity index (χ0) is 21.3. The molecule has 30 heavy (non-hydrogen) atoms. The van der Waals surface area contributed by atoms with Gasteiger partial charge in [0.1, 0.15) is 5.56 Å². The molecule has 4 fully saturated rings. The first-order chi connectivity index (χ1) is 14.2. The van der Waals surface area contributed by atoms with Gasteiger partial charge in [0.2, 0.25) is 5.43 Å².